The van der Waals surface area contributed by atoms with Gasteiger partial charge in [-0.05, 0) is 18.2 Å². The van der Waals surface area contributed by atoms with Gasteiger partial charge in [-0.15, -0.1) is 0 Å². The van der Waals surface area contributed by atoms with Crippen molar-refractivity contribution in [3.8, 4) is 0 Å². The van der Waals surface area contributed by atoms with Gasteiger partial charge in [-0.3, -0.25) is 14.6 Å². The van der Waals surface area contributed by atoms with Crippen molar-refractivity contribution in [1.82, 2.24) is 10.2 Å². The van der Waals surface area contributed by atoms with Gasteiger partial charge in [0.1, 0.15) is 11.5 Å². The second-order valence-corrected chi connectivity index (χ2v) is 6.28. The van der Waals surface area contributed by atoms with E-state index in [9.17, 15) is 17.6 Å². The number of nitrogens with one attached hydrogen (secondary N) is 3. The number of aromatic amines is 1. The molecule has 1 aromatic carbocycles. The predicted molar refractivity (Wildman–Crippen MR) is 76.4 cm³/mol. The standard InChI is InChI=1S/C11H10ClFN4O3S/c1-21(19,20)17-10-5-9(15-16-10)11(18)14-8-3-2-6(13)4-7(8)12/h2-5H,1H3,(H,14,18)(H2,15,16,17). The third-order valence-corrected chi connectivity index (χ3v) is 3.18. The summed E-state index contributed by atoms with van der Waals surface area (Å²) in [6.07, 6.45) is 0.958. The maximum atomic E-state index is 12.9. The van der Waals surface area contributed by atoms with Crippen molar-refractivity contribution in [2.75, 3.05) is 16.3 Å². The number of nitrogens with zero attached hydrogens (tertiary/aromatic N) is 1. The van der Waals surface area contributed by atoms with E-state index >= 15 is 0 Å². The molecule has 0 aliphatic heterocycles. The third-order valence-electron chi connectivity index (χ3n) is 2.29. The maximum absolute atomic E-state index is 12.9. The highest BCUT2D eigenvalue weighted by Gasteiger charge is 2.13. The van der Waals surface area contributed by atoms with Crippen LogP contribution in [0.3, 0.4) is 0 Å². The average molecular weight is 333 g/mol. The quantitative estimate of drug-likeness (QED) is 0.794. The Balaban J connectivity index is 2.14. The first-order valence-corrected chi connectivity index (χ1v) is 7.81. The van der Waals surface area contributed by atoms with Gasteiger partial charge in [0, 0.05) is 6.07 Å². The van der Waals surface area contributed by atoms with E-state index in [2.05, 4.69) is 20.2 Å². The molecule has 1 amide bonds. The zero-order chi connectivity index (χ0) is 15.6. The molecule has 7 nitrogen and oxygen atoms in total. The minimum atomic E-state index is -3.49. The highest BCUT2D eigenvalue weighted by molar-refractivity contribution is 7.92. The van der Waals surface area contributed by atoms with Crippen LogP contribution in [0.2, 0.25) is 5.02 Å². The average Bonchev–Trinajstić information content (AvgIpc) is 2.78. The minimum Gasteiger partial charge on any atom is -0.319 e. The van der Waals surface area contributed by atoms with E-state index in [0.717, 1.165) is 18.4 Å². The summed E-state index contributed by atoms with van der Waals surface area (Å²) >= 11 is 5.78. The number of carbonyl (C=O) groups is 1. The number of carbonyl (C=O) groups excluding carboxylic acids is 1. The SMILES string of the molecule is CS(=O)(=O)Nc1cc(C(=O)Nc2ccc(F)cc2Cl)[nH]n1. The molecular formula is C11H10ClFN4O3S. The molecule has 0 aliphatic carbocycles. The summed E-state index contributed by atoms with van der Waals surface area (Å²) in [5.74, 6) is -1.15. The van der Waals surface area contributed by atoms with E-state index in [0.29, 0.717) is 0 Å². The fourth-order valence-corrected chi connectivity index (χ4v) is 2.16. The lowest BCUT2D eigenvalue weighted by molar-refractivity contribution is 0.102. The van der Waals surface area contributed by atoms with Gasteiger partial charge in [-0.25, -0.2) is 12.8 Å². The number of sulfonamides is 1. The van der Waals surface area contributed by atoms with Crippen molar-refractivity contribution >= 4 is 39.0 Å². The third kappa shape index (κ3) is 4.17. The lowest BCUT2D eigenvalue weighted by Gasteiger charge is -2.05. The highest BCUT2D eigenvalue weighted by Crippen LogP contribution is 2.23. The summed E-state index contributed by atoms with van der Waals surface area (Å²) in [7, 11) is -3.49. The van der Waals surface area contributed by atoms with Gasteiger partial charge in [-0.1, -0.05) is 11.6 Å². The van der Waals surface area contributed by atoms with Crippen LogP contribution in [-0.2, 0) is 10.0 Å². The highest BCUT2D eigenvalue weighted by atomic mass is 35.5. The molecule has 0 unspecified atom stereocenters. The van der Waals surface area contributed by atoms with Gasteiger partial charge in [0.2, 0.25) is 10.0 Å². The van der Waals surface area contributed by atoms with Crippen molar-refractivity contribution < 1.29 is 17.6 Å². The number of anilines is 2. The topological polar surface area (TPSA) is 104 Å². The molecule has 0 radical (unpaired) electrons. The van der Waals surface area contributed by atoms with Crippen molar-refractivity contribution in [2.24, 2.45) is 0 Å². The summed E-state index contributed by atoms with van der Waals surface area (Å²) in [4.78, 5) is 11.9. The van der Waals surface area contributed by atoms with Crippen LogP contribution >= 0.6 is 11.6 Å². The molecule has 0 spiro atoms. The lowest BCUT2D eigenvalue weighted by Crippen LogP contribution is -2.12. The van der Waals surface area contributed by atoms with E-state index in [4.69, 9.17) is 11.6 Å². The van der Waals surface area contributed by atoms with Gasteiger partial charge < -0.3 is 5.32 Å². The van der Waals surface area contributed by atoms with Crippen molar-refractivity contribution in [3.05, 3.63) is 40.8 Å². The molecule has 0 saturated heterocycles. The molecule has 0 saturated carbocycles. The summed E-state index contributed by atoms with van der Waals surface area (Å²) in [6, 6.07) is 4.72. The van der Waals surface area contributed by atoms with Crippen LogP contribution in [0.4, 0.5) is 15.9 Å². The number of rotatable bonds is 4. The Morgan fingerprint density at radius 3 is 2.71 bits per heavy atom. The van der Waals surface area contributed by atoms with E-state index in [1.165, 1.54) is 12.1 Å². The van der Waals surface area contributed by atoms with Crippen LogP contribution in [0.5, 0.6) is 0 Å². The Kier molecular flexibility index (Phi) is 4.14. The Hall–Kier alpha value is -2.13. The fourth-order valence-electron chi connectivity index (χ4n) is 1.46. The molecule has 0 atom stereocenters. The molecule has 112 valence electrons. The molecule has 0 aliphatic rings. The number of hydrogen-bond donors (Lipinski definition) is 3. The van der Waals surface area contributed by atoms with Gasteiger partial charge >= 0.3 is 0 Å². The summed E-state index contributed by atoms with van der Waals surface area (Å²) in [5.41, 5.74) is 0.233. The second-order valence-electron chi connectivity index (χ2n) is 4.12. The lowest BCUT2D eigenvalue weighted by atomic mass is 10.3. The Morgan fingerprint density at radius 1 is 1.38 bits per heavy atom. The number of H-pyrrole nitrogens is 1. The molecule has 1 heterocycles. The summed E-state index contributed by atoms with van der Waals surface area (Å²) < 4.78 is 37.1. The molecule has 2 rings (SSSR count). The van der Waals surface area contributed by atoms with Gasteiger partial charge in [-0.2, -0.15) is 5.10 Å². The summed E-state index contributed by atoms with van der Waals surface area (Å²) in [5, 5.41) is 8.49. The summed E-state index contributed by atoms with van der Waals surface area (Å²) in [6.45, 7) is 0. The molecule has 21 heavy (non-hydrogen) atoms. The fraction of sp³-hybridized carbons (Fsp3) is 0.0909. The normalized spacial score (nSPS) is 11.2. The van der Waals surface area contributed by atoms with Crippen molar-refractivity contribution in [2.45, 2.75) is 0 Å². The van der Waals surface area contributed by atoms with E-state index in [1.54, 1.807) is 0 Å². The van der Waals surface area contributed by atoms with Crippen molar-refractivity contribution in [3.63, 3.8) is 0 Å². The van der Waals surface area contributed by atoms with Gasteiger partial charge in [0.15, 0.2) is 5.82 Å². The van der Waals surface area contributed by atoms with Crippen LogP contribution in [0, 0.1) is 5.82 Å². The number of hydrogen-bond acceptors (Lipinski definition) is 4. The smallest absolute Gasteiger partial charge is 0.273 e. The van der Waals surface area contributed by atoms with Crippen LogP contribution < -0.4 is 10.0 Å². The number of benzene rings is 1. The zero-order valence-electron chi connectivity index (χ0n) is 10.6. The van der Waals surface area contributed by atoms with Crippen LogP contribution in [-0.4, -0.2) is 30.8 Å². The molecular weight excluding hydrogens is 323 g/mol. The molecule has 2 aromatic rings. The Labute approximate surface area is 124 Å². The minimum absolute atomic E-state index is 0.0153. The molecule has 1 aromatic heterocycles. The van der Waals surface area contributed by atoms with E-state index in [1.807, 2.05) is 0 Å². The maximum Gasteiger partial charge on any atom is 0.273 e. The Bertz CT molecular complexity index is 791. The molecule has 3 N–H and O–H groups in total. The first-order valence-electron chi connectivity index (χ1n) is 5.54. The van der Waals surface area contributed by atoms with E-state index < -0.39 is 21.7 Å². The monoisotopic (exact) mass is 332 g/mol. The molecule has 10 heteroatoms. The predicted octanol–water partition coefficient (Wildman–Crippen LogP) is 1.83. The van der Waals surface area contributed by atoms with Crippen LogP contribution in [0.25, 0.3) is 0 Å². The van der Waals surface area contributed by atoms with Gasteiger partial charge in [0.25, 0.3) is 5.91 Å². The zero-order valence-corrected chi connectivity index (χ0v) is 12.2. The first kappa shape index (κ1) is 15.3. The van der Waals surface area contributed by atoms with Crippen molar-refractivity contribution in [1.29, 1.82) is 0 Å². The number of amides is 1. The largest absolute Gasteiger partial charge is 0.319 e. The van der Waals surface area contributed by atoms with E-state index in [-0.39, 0.29) is 22.2 Å². The first-order chi connectivity index (χ1) is 9.74. The number of halogens is 2. The van der Waals surface area contributed by atoms with Gasteiger partial charge in [0.05, 0.1) is 17.0 Å². The molecule has 0 fully saturated rings. The second kappa shape index (κ2) is 5.70. The van der Waals surface area contributed by atoms with Crippen LogP contribution in [0.15, 0.2) is 24.3 Å². The van der Waals surface area contributed by atoms with Crippen LogP contribution in [0.1, 0.15) is 10.5 Å². The number of aromatic nitrogens is 2. The Morgan fingerprint density at radius 2 is 2.10 bits per heavy atom. The molecule has 0 bridgehead atoms.